The molecular weight excluding hydrogens is 409 g/mol. The van der Waals surface area contributed by atoms with E-state index in [2.05, 4.69) is 15.6 Å². The maximum absolute atomic E-state index is 12.6. The molecule has 0 aromatic heterocycles. The summed E-state index contributed by atoms with van der Waals surface area (Å²) in [6.45, 7) is 0. The van der Waals surface area contributed by atoms with Gasteiger partial charge < -0.3 is 16.4 Å². The summed E-state index contributed by atoms with van der Waals surface area (Å²) in [7, 11) is 1.50. The molecule has 0 aliphatic heterocycles. The molecule has 29 heavy (non-hydrogen) atoms. The van der Waals surface area contributed by atoms with Crippen molar-refractivity contribution >= 4 is 35.3 Å². The van der Waals surface area contributed by atoms with Gasteiger partial charge >= 0.3 is 6.18 Å². The Morgan fingerprint density at radius 3 is 2.31 bits per heavy atom. The number of benzene rings is 2. The van der Waals surface area contributed by atoms with Crippen LogP contribution in [0.15, 0.2) is 59.4 Å². The largest absolute Gasteiger partial charge is 0.416 e. The van der Waals surface area contributed by atoms with Crippen molar-refractivity contribution in [3.8, 4) is 0 Å². The van der Waals surface area contributed by atoms with Crippen LogP contribution in [0.1, 0.15) is 26.3 Å². The van der Waals surface area contributed by atoms with E-state index >= 15 is 0 Å². The average molecular weight is 425 g/mol. The van der Waals surface area contributed by atoms with Crippen LogP contribution in [0.5, 0.6) is 0 Å². The third kappa shape index (κ3) is 5.82. The van der Waals surface area contributed by atoms with Gasteiger partial charge in [-0.25, -0.2) is 0 Å². The molecule has 0 radical (unpaired) electrons. The summed E-state index contributed by atoms with van der Waals surface area (Å²) >= 11 is 6.04. The molecule has 10 heteroatoms. The molecule has 0 bridgehead atoms. The molecule has 0 atom stereocenters. The summed E-state index contributed by atoms with van der Waals surface area (Å²) in [6, 6.07) is 7.93. The molecule has 4 N–H and O–H groups in total. The minimum absolute atomic E-state index is 0.0199. The van der Waals surface area contributed by atoms with Gasteiger partial charge in [0, 0.05) is 30.7 Å². The van der Waals surface area contributed by atoms with Crippen molar-refractivity contribution in [2.45, 2.75) is 6.18 Å². The van der Waals surface area contributed by atoms with Crippen LogP contribution < -0.4 is 16.4 Å². The van der Waals surface area contributed by atoms with Crippen LogP contribution >= 0.6 is 11.6 Å². The quantitative estimate of drug-likeness (QED) is 0.636. The van der Waals surface area contributed by atoms with Gasteiger partial charge in [0.2, 0.25) is 0 Å². The third-order valence-corrected chi connectivity index (χ3v) is 3.98. The molecule has 0 fully saturated rings. The topological polar surface area (TPSA) is 96.6 Å². The van der Waals surface area contributed by atoms with Gasteiger partial charge in [-0.3, -0.25) is 14.6 Å². The Balaban J connectivity index is 2.19. The fourth-order valence-corrected chi connectivity index (χ4v) is 2.45. The first-order valence-electron chi connectivity index (χ1n) is 8.09. The predicted octanol–water partition coefficient (Wildman–Crippen LogP) is 3.84. The highest BCUT2D eigenvalue weighted by molar-refractivity contribution is 6.34. The maximum atomic E-state index is 12.6. The molecule has 6 nitrogen and oxygen atoms in total. The summed E-state index contributed by atoms with van der Waals surface area (Å²) in [4.78, 5) is 28.4. The zero-order valence-electron chi connectivity index (χ0n) is 15.0. The van der Waals surface area contributed by atoms with Gasteiger partial charge in [0.25, 0.3) is 11.8 Å². The second kappa shape index (κ2) is 9.24. The molecule has 2 aromatic rings. The molecule has 2 aromatic carbocycles. The highest BCUT2D eigenvalue weighted by Crippen LogP contribution is 2.29. The second-order valence-electron chi connectivity index (χ2n) is 5.69. The number of nitrogens with one attached hydrogen (secondary N) is 2. The molecule has 0 aliphatic carbocycles. The van der Waals surface area contributed by atoms with Crippen LogP contribution in [0, 0.1) is 0 Å². The second-order valence-corrected chi connectivity index (χ2v) is 6.09. The van der Waals surface area contributed by atoms with Crippen molar-refractivity contribution in [3.63, 3.8) is 0 Å². The number of carbonyl (C=O) groups excluding carboxylic acids is 2. The van der Waals surface area contributed by atoms with Crippen LogP contribution in [-0.4, -0.2) is 25.1 Å². The number of aliphatic imine (C=N–C) groups is 1. The molecule has 0 unspecified atom stereocenters. The van der Waals surface area contributed by atoms with E-state index in [0.29, 0.717) is 0 Å². The number of halogens is 4. The Bertz CT molecular complexity index is 970. The smallest absolute Gasteiger partial charge is 0.403 e. The fourth-order valence-electron chi connectivity index (χ4n) is 2.25. The number of allylic oxidation sites excluding steroid dienone is 1. The number of hydrogen-bond donors (Lipinski definition) is 3. The van der Waals surface area contributed by atoms with E-state index in [1.807, 2.05) is 0 Å². The number of anilines is 1. The van der Waals surface area contributed by atoms with Crippen LogP contribution in [-0.2, 0) is 6.18 Å². The zero-order valence-corrected chi connectivity index (χ0v) is 15.8. The SMILES string of the molecule is CN=C/C(=C\N)NC(=O)c1cc(NC(=O)c2ccc(C(F)(F)F)cc2)ccc1Cl. The van der Waals surface area contributed by atoms with E-state index in [0.717, 1.165) is 30.5 Å². The Hall–Kier alpha value is -3.33. The summed E-state index contributed by atoms with van der Waals surface area (Å²) in [5, 5.41) is 5.13. The van der Waals surface area contributed by atoms with Gasteiger partial charge in [-0.1, -0.05) is 11.6 Å². The van der Waals surface area contributed by atoms with Gasteiger partial charge in [0.1, 0.15) is 0 Å². The lowest BCUT2D eigenvalue weighted by Crippen LogP contribution is -2.25. The predicted molar refractivity (Wildman–Crippen MR) is 105 cm³/mol. The van der Waals surface area contributed by atoms with Crippen LogP contribution in [0.4, 0.5) is 18.9 Å². The third-order valence-electron chi connectivity index (χ3n) is 3.65. The number of hydrogen-bond acceptors (Lipinski definition) is 4. The zero-order chi connectivity index (χ0) is 21.6. The monoisotopic (exact) mass is 424 g/mol. The molecule has 152 valence electrons. The number of alkyl halides is 3. The first kappa shape index (κ1) is 22.0. The lowest BCUT2D eigenvalue weighted by molar-refractivity contribution is -0.137. The van der Waals surface area contributed by atoms with Crippen LogP contribution in [0.3, 0.4) is 0 Å². The molecule has 0 saturated heterocycles. The Kier molecular flexibility index (Phi) is 7.00. The average Bonchev–Trinajstić information content (AvgIpc) is 2.68. The van der Waals surface area contributed by atoms with Crippen molar-refractivity contribution in [2.24, 2.45) is 10.7 Å². The lowest BCUT2D eigenvalue weighted by atomic mass is 10.1. The van der Waals surface area contributed by atoms with E-state index in [1.165, 1.54) is 31.5 Å². The molecule has 0 saturated carbocycles. The lowest BCUT2D eigenvalue weighted by Gasteiger charge is -2.11. The highest BCUT2D eigenvalue weighted by Gasteiger charge is 2.30. The Labute approximate surface area is 169 Å². The van der Waals surface area contributed by atoms with E-state index in [9.17, 15) is 22.8 Å². The van der Waals surface area contributed by atoms with E-state index in [1.54, 1.807) is 0 Å². The molecular formula is C19H16ClF3N4O2. The van der Waals surface area contributed by atoms with Crippen molar-refractivity contribution in [1.29, 1.82) is 0 Å². The number of carbonyl (C=O) groups is 2. The van der Waals surface area contributed by atoms with E-state index in [-0.39, 0.29) is 27.5 Å². The Morgan fingerprint density at radius 2 is 1.76 bits per heavy atom. The van der Waals surface area contributed by atoms with Crippen molar-refractivity contribution in [2.75, 3.05) is 12.4 Å². The highest BCUT2D eigenvalue weighted by atomic mass is 35.5. The summed E-state index contributed by atoms with van der Waals surface area (Å²) < 4.78 is 37.9. The standard InChI is InChI=1S/C19H16ClF3N4O2/c1-25-10-14(9-24)27-18(29)15-8-13(6-7-16(15)20)26-17(28)11-2-4-12(5-3-11)19(21,22)23/h2-10H,24H2,1H3,(H,26,28)(H,27,29)/b14-9+,25-10?. The van der Waals surface area contributed by atoms with Gasteiger partial charge in [-0.05, 0) is 42.5 Å². The minimum atomic E-state index is -4.49. The molecule has 2 amide bonds. The maximum Gasteiger partial charge on any atom is 0.416 e. The first-order valence-corrected chi connectivity index (χ1v) is 8.47. The summed E-state index contributed by atoms with van der Waals surface area (Å²) in [6.07, 6.45) is -2.01. The van der Waals surface area contributed by atoms with Crippen LogP contribution in [0.25, 0.3) is 0 Å². The number of nitrogens with zero attached hydrogens (tertiary/aromatic N) is 1. The summed E-state index contributed by atoms with van der Waals surface area (Å²) in [5.74, 6) is -1.23. The van der Waals surface area contributed by atoms with Crippen molar-refractivity contribution in [1.82, 2.24) is 5.32 Å². The van der Waals surface area contributed by atoms with Gasteiger partial charge in [0.05, 0.1) is 21.8 Å². The fraction of sp³-hybridized carbons (Fsp3) is 0.105. The molecule has 2 rings (SSSR count). The Morgan fingerprint density at radius 1 is 1.10 bits per heavy atom. The van der Waals surface area contributed by atoms with Crippen molar-refractivity contribution < 1.29 is 22.8 Å². The summed E-state index contributed by atoms with van der Waals surface area (Å²) in [5.41, 5.74) is 5.08. The van der Waals surface area contributed by atoms with Crippen LogP contribution in [0.2, 0.25) is 5.02 Å². The molecule has 0 heterocycles. The number of amides is 2. The number of nitrogens with two attached hydrogens (primary N) is 1. The first-order chi connectivity index (χ1) is 13.7. The normalized spacial score (nSPS) is 12.1. The minimum Gasteiger partial charge on any atom is -0.403 e. The molecule has 0 aliphatic rings. The van der Waals surface area contributed by atoms with Gasteiger partial charge in [-0.2, -0.15) is 13.2 Å². The number of rotatable bonds is 5. The van der Waals surface area contributed by atoms with Gasteiger partial charge in [0.15, 0.2) is 0 Å². The van der Waals surface area contributed by atoms with E-state index in [4.69, 9.17) is 17.3 Å². The van der Waals surface area contributed by atoms with E-state index < -0.39 is 23.6 Å². The van der Waals surface area contributed by atoms with Gasteiger partial charge in [-0.15, -0.1) is 0 Å². The van der Waals surface area contributed by atoms with Crippen molar-refractivity contribution in [3.05, 3.63) is 76.1 Å². The molecule has 0 spiro atoms.